The molecule has 1 aromatic heterocycles. The molecule has 2 heterocycles. The van der Waals surface area contributed by atoms with E-state index in [1.54, 1.807) is 0 Å². The SMILES string of the molecule is O=C1CN(Cc2ccncc2NS(=O)(=O)c2ccc(Cl)cc2)C(=O)N1c1ccc(S(=O)(=O)C(F)(F)F)cc1. The summed E-state index contributed by atoms with van der Waals surface area (Å²) in [5.74, 6) is -0.723. The van der Waals surface area contributed by atoms with Gasteiger partial charge in [-0.2, -0.15) is 13.2 Å². The third-order valence-electron chi connectivity index (χ3n) is 5.39. The molecule has 0 bridgehead atoms. The van der Waals surface area contributed by atoms with Crippen molar-refractivity contribution in [2.24, 2.45) is 0 Å². The number of benzene rings is 2. The van der Waals surface area contributed by atoms with Crippen LogP contribution in [0.3, 0.4) is 0 Å². The Labute approximate surface area is 219 Å². The molecule has 38 heavy (non-hydrogen) atoms. The van der Waals surface area contributed by atoms with Crippen LogP contribution in [0.1, 0.15) is 5.56 Å². The smallest absolute Gasteiger partial charge is 0.310 e. The lowest BCUT2D eigenvalue weighted by Crippen LogP contribution is -2.33. The number of amides is 3. The second-order valence-corrected chi connectivity index (χ2v) is 12.0. The molecular formula is C22H16ClF3N4O6S2. The van der Waals surface area contributed by atoms with Crippen LogP contribution in [0.5, 0.6) is 0 Å². The van der Waals surface area contributed by atoms with Gasteiger partial charge >= 0.3 is 11.5 Å². The Morgan fingerprint density at radius 1 is 0.921 bits per heavy atom. The molecule has 1 saturated heterocycles. The van der Waals surface area contributed by atoms with Gasteiger partial charge in [0, 0.05) is 11.2 Å². The highest BCUT2D eigenvalue weighted by molar-refractivity contribution is 7.92. The van der Waals surface area contributed by atoms with Gasteiger partial charge in [-0.1, -0.05) is 11.6 Å². The summed E-state index contributed by atoms with van der Waals surface area (Å²) in [6.45, 7) is -0.643. The van der Waals surface area contributed by atoms with E-state index in [0.717, 1.165) is 17.0 Å². The van der Waals surface area contributed by atoms with Gasteiger partial charge in [0.2, 0.25) is 0 Å². The maximum Gasteiger partial charge on any atom is 0.501 e. The summed E-state index contributed by atoms with van der Waals surface area (Å²) in [5, 5.41) is 0.337. The standard InChI is InChI=1S/C22H16ClF3N4O6S2/c23-15-1-5-18(6-2-15)38(35,36)28-19-11-27-10-9-14(19)12-29-13-20(31)30(21(29)32)16-3-7-17(8-4-16)37(33,34)22(24,25)26/h1-11,28H,12-13H2. The molecule has 1 aliphatic rings. The van der Waals surface area contributed by atoms with E-state index in [9.17, 15) is 39.6 Å². The van der Waals surface area contributed by atoms with Crippen molar-refractivity contribution < 1.29 is 39.6 Å². The number of rotatable bonds is 7. The molecular weight excluding hydrogens is 573 g/mol. The minimum Gasteiger partial charge on any atom is -0.310 e. The van der Waals surface area contributed by atoms with Gasteiger partial charge in [0.15, 0.2) is 0 Å². The van der Waals surface area contributed by atoms with Crippen LogP contribution in [0, 0.1) is 0 Å². The molecule has 2 aromatic carbocycles. The Bertz CT molecular complexity index is 1610. The zero-order chi connectivity index (χ0) is 27.9. The maximum absolute atomic E-state index is 13.0. The second kappa shape index (κ2) is 9.89. The first-order valence-corrected chi connectivity index (χ1v) is 13.8. The minimum absolute atomic E-state index is 0.0443. The number of sulfone groups is 1. The van der Waals surface area contributed by atoms with Crippen molar-refractivity contribution >= 4 is 54.8 Å². The van der Waals surface area contributed by atoms with Crippen LogP contribution in [0.4, 0.5) is 29.3 Å². The fraction of sp³-hybridized carbons (Fsp3) is 0.136. The lowest BCUT2D eigenvalue weighted by molar-refractivity contribution is -0.116. The van der Waals surface area contributed by atoms with Crippen LogP contribution >= 0.6 is 11.6 Å². The molecule has 1 fully saturated rings. The zero-order valence-corrected chi connectivity index (χ0v) is 21.3. The number of halogens is 4. The fourth-order valence-corrected chi connectivity index (χ4v) is 5.48. The molecule has 200 valence electrons. The molecule has 1 N–H and O–H groups in total. The Morgan fingerprint density at radius 3 is 2.13 bits per heavy atom. The average molecular weight is 589 g/mol. The summed E-state index contributed by atoms with van der Waals surface area (Å²) in [6.07, 6.45) is 2.58. The summed E-state index contributed by atoms with van der Waals surface area (Å²) in [4.78, 5) is 30.1. The third-order valence-corrected chi connectivity index (χ3v) is 8.52. The predicted molar refractivity (Wildman–Crippen MR) is 129 cm³/mol. The summed E-state index contributed by atoms with van der Waals surface area (Å²) >= 11 is 5.80. The van der Waals surface area contributed by atoms with Crippen molar-refractivity contribution in [2.45, 2.75) is 21.8 Å². The van der Waals surface area contributed by atoms with Crippen molar-refractivity contribution in [2.75, 3.05) is 16.2 Å². The summed E-state index contributed by atoms with van der Waals surface area (Å²) in [6, 6.07) is 9.11. The number of imide groups is 1. The van der Waals surface area contributed by atoms with Crippen LogP contribution in [-0.2, 0) is 31.2 Å². The third kappa shape index (κ3) is 5.30. The van der Waals surface area contributed by atoms with E-state index in [0.29, 0.717) is 27.6 Å². The number of pyridine rings is 1. The first-order valence-electron chi connectivity index (χ1n) is 10.5. The number of hydrogen-bond donors (Lipinski definition) is 1. The first kappa shape index (κ1) is 27.3. The normalized spacial score (nSPS) is 14.7. The Hall–Kier alpha value is -3.69. The van der Waals surface area contributed by atoms with Crippen LogP contribution in [0.2, 0.25) is 5.02 Å². The lowest BCUT2D eigenvalue weighted by atomic mass is 10.2. The van der Waals surface area contributed by atoms with E-state index in [2.05, 4.69) is 9.71 Å². The highest BCUT2D eigenvalue weighted by Gasteiger charge is 2.47. The van der Waals surface area contributed by atoms with Gasteiger partial charge in [0.25, 0.3) is 25.8 Å². The highest BCUT2D eigenvalue weighted by Crippen LogP contribution is 2.32. The molecule has 4 rings (SSSR count). The fourth-order valence-electron chi connectivity index (χ4n) is 3.51. The van der Waals surface area contributed by atoms with Crippen molar-refractivity contribution in [3.8, 4) is 0 Å². The van der Waals surface area contributed by atoms with E-state index in [1.807, 2.05) is 0 Å². The Morgan fingerprint density at radius 2 is 1.53 bits per heavy atom. The van der Waals surface area contributed by atoms with Gasteiger partial charge in [-0.3, -0.25) is 14.5 Å². The molecule has 0 radical (unpaired) electrons. The number of anilines is 2. The van der Waals surface area contributed by atoms with Gasteiger partial charge in [0.05, 0.1) is 33.9 Å². The Balaban J connectivity index is 1.54. The molecule has 3 amide bonds. The summed E-state index contributed by atoms with van der Waals surface area (Å²) in [5.41, 5.74) is -5.31. The number of sulfonamides is 1. The maximum atomic E-state index is 13.0. The van der Waals surface area contributed by atoms with Crippen molar-refractivity contribution in [1.82, 2.24) is 9.88 Å². The molecule has 0 atom stereocenters. The largest absolute Gasteiger partial charge is 0.501 e. The number of urea groups is 1. The topological polar surface area (TPSA) is 134 Å². The number of carbonyl (C=O) groups excluding carboxylic acids is 2. The number of alkyl halides is 3. The minimum atomic E-state index is -5.60. The van der Waals surface area contributed by atoms with E-state index >= 15 is 0 Å². The molecule has 0 saturated carbocycles. The molecule has 0 spiro atoms. The molecule has 3 aromatic rings. The molecule has 10 nitrogen and oxygen atoms in total. The number of nitrogens with zero attached hydrogens (tertiary/aromatic N) is 3. The van der Waals surface area contributed by atoms with E-state index in [1.165, 1.54) is 42.7 Å². The van der Waals surface area contributed by atoms with Crippen LogP contribution in [0.15, 0.2) is 76.8 Å². The Kier molecular flexibility index (Phi) is 7.11. The van der Waals surface area contributed by atoms with Crippen LogP contribution < -0.4 is 9.62 Å². The number of nitrogens with one attached hydrogen (secondary N) is 1. The van der Waals surface area contributed by atoms with E-state index in [-0.39, 0.29) is 22.8 Å². The molecule has 1 aliphatic heterocycles. The second-order valence-electron chi connectivity index (χ2n) is 7.90. The quantitative estimate of drug-likeness (QED) is 0.415. The van der Waals surface area contributed by atoms with Gasteiger partial charge < -0.3 is 4.90 Å². The van der Waals surface area contributed by atoms with Gasteiger partial charge in [-0.15, -0.1) is 0 Å². The lowest BCUT2D eigenvalue weighted by Gasteiger charge is -2.19. The van der Waals surface area contributed by atoms with Gasteiger partial charge in [-0.25, -0.2) is 26.5 Å². The monoisotopic (exact) mass is 588 g/mol. The predicted octanol–water partition coefficient (Wildman–Crippen LogP) is 3.80. The van der Waals surface area contributed by atoms with Crippen LogP contribution in [0.25, 0.3) is 0 Å². The average Bonchev–Trinajstić information content (AvgIpc) is 3.12. The summed E-state index contributed by atoms with van der Waals surface area (Å²) in [7, 11) is -9.65. The molecule has 0 aliphatic carbocycles. The van der Waals surface area contributed by atoms with E-state index in [4.69, 9.17) is 11.6 Å². The molecule has 0 unspecified atom stereocenters. The van der Waals surface area contributed by atoms with E-state index < -0.39 is 48.7 Å². The summed E-state index contributed by atoms with van der Waals surface area (Å²) < 4.78 is 89.4. The van der Waals surface area contributed by atoms with Gasteiger partial charge in [-0.05, 0) is 60.2 Å². The van der Waals surface area contributed by atoms with Crippen molar-refractivity contribution in [3.05, 3.63) is 77.6 Å². The highest BCUT2D eigenvalue weighted by atomic mass is 35.5. The number of hydrogen-bond acceptors (Lipinski definition) is 7. The molecule has 16 heteroatoms. The van der Waals surface area contributed by atoms with Crippen LogP contribution in [-0.4, -0.2) is 50.7 Å². The van der Waals surface area contributed by atoms with Crippen molar-refractivity contribution in [3.63, 3.8) is 0 Å². The zero-order valence-electron chi connectivity index (χ0n) is 18.9. The van der Waals surface area contributed by atoms with Crippen molar-refractivity contribution in [1.29, 1.82) is 0 Å². The number of aromatic nitrogens is 1. The van der Waals surface area contributed by atoms with Gasteiger partial charge in [0.1, 0.15) is 6.54 Å². The first-order chi connectivity index (χ1) is 17.7. The number of carbonyl (C=O) groups is 2.